The normalized spacial score (nSPS) is 11.2. The van der Waals surface area contributed by atoms with Gasteiger partial charge in [0.15, 0.2) is 0 Å². The first-order valence-corrected chi connectivity index (χ1v) is 8.79. The van der Waals surface area contributed by atoms with Crippen LogP contribution in [0.4, 0.5) is 11.5 Å². The van der Waals surface area contributed by atoms with E-state index in [9.17, 15) is 14.9 Å². The number of aryl methyl sites for hydroxylation is 1. The molecule has 2 aromatic carbocycles. The average molecular weight is 388 g/mol. The molecule has 0 aliphatic heterocycles. The molecule has 2 aromatic heterocycles. The zero-order valence-electron chi connectivity index (χ0n) is 15.4. The number of furan rings is 1. The molecule has 8 nitrogen and oxygen atoms in total. The van der Waals surface area contributed by atoms with Crippen LogP contribution in [0.5, 0.6) is 0 Å². The number of amides is 1. The Morgan fingerprint density at radius 3 is 2.66 bits per heavy atom. The van der Waals surface area contributed by atoms with Crippen LogP contribution in [-0.2, 0) is 4.79 Å². The van der Waals surface area contributed by atoms with E-state index in [0.29, 0.717) is 23.0 Å². The SMILES string of the molecule is Cc1cc(NC(=O)/C=C/c2cc3ccccc3o2)n(-c2ccc([N+](=O)[O-])cc2)n1. The lowest BCUT2D eigenvalue weighted by atomic mass is 10.2. The van der Waals surface area contributed by atoms with Crippen LogP contribution in [0.15, 0.2) is 71.2 Å². The molecule has 8 heteroatoms. The van der Waals surface area contributed by atoms with Crippen molar-refractivity contribution in [3.05, 3.63) is 88.3 Å². The summed E-state index contributed by atoms with van der Waals surface area (Å²) in [5, 5.41) is 18.9. The maximum absolute atomic E-state index is 12.4. The Morgan fingerprint density at radius 1 is 1.17 bits per heavy atom. The van der Waals surface area contributed by atoms with Crippen LogP contribution in [0, 0.1) is 17.0 Å². The Kier molecular flexibility index (Phi) is 4.66. The molecule has 0 aliphatic carbocycles. The van der Waals surface area contributed by atoms with Crippen molar-refractivity contribution in [3.63, 3.8) is 0 Å². The summed E-state index contributed by atoms with van der Waals surface area (Å²) in [5.74, 6) is 0.672. The molecule has 1 amide bonds. The fourth-order valence-electron chi connectivity index (χ4n) is 2.91. The molecule has 0 bridgehead atoms. The zero-order valence-corrected chi connectivity index (χ0v) is 15.4. The quantitative estimate of drug-likeness (QED) is 0.308. The van der Waals surface area contributed by atoms with Gasteiger partial charge in [-0.25, -0.2) is 4.68 Å². The fraction of sp³-hybridized carbons (Fsp3) is 0.0476. The van der Waals surface area contributed by atoms with Crippen molar-refractivity contribution < 1.29 is 14.1 Å². The molecule has 0 saturated carbocycles. The van der Waals surface area contributed by atoms with Crippen molar-refractivity contribution in [2.45, 2.75) is 6.92 Å². The summed E-state index contributed by atoms with van der Waals surface area (Å²) in [6.45, 7) is 1.79. The van der Waals surface area contributed by atoms with E-state index in [1.807, 2.05) is 30.3 Å². The highest BCUT2D eigenvalue weighted by molar-refractivity contribution is 6.01. The predicted octanol–water partition coefficient (Wildman–Crippen LogP) is 4.49. The van der Waals surface area contributed by atoms with Gasteiger partial charge in [-0.3, -0.25) is 14.9 Å². The smallest absolute Gasteiger partial charge is 0.269 e. The van der Waals surface area contributed by atoms with Crippen molar-refractivity contribution in [2.24, 2.45) is 0 Å². The van der Waals surface area contributed by atoms with Gasteiger partial charge in [0, 0.05) is 29.7 Å². The van der Waals surface area contributed by atoms with Gasteiger partial charge in [0.1, 0.15) is 17.2 Å². The second-order valence-electron chi connectivity index (χ2n) is 6.37. The van der Waals surface area contributed by atoms with Gasteiger partial charge in [-0.15, -0.1) is 0 Å². The number of hydrogen-bond acceptors (Lipinski definition) is 5. The van der Waals surface area contributed by atoms with E-state index >= 15 is 0 Å². The number of non-ortho nitro benzene ring substituents is 1. The number of anilines is 1. The van der Waals surface area contributed by atoms with Gasteiger partial charge >= 0.3 is 0 Å². The van der Waals surface area contributed by atoms with E-state index in [1.54, 1.807) is 31.2 Å². The van der Waals surface area contributed by atoms with Gasteiger partial charge in [-0.1, -0.05) is 18.2 Å². The van der Waals surface area contributed by atoms with Crippen LogP contribution < -0.4 is 5.32 Å². The highest BCUT2D eigenvalue weighted by atomic mass is 16.6. The standard InChI is InChI=1S/C21H16N4O4/c1-14-12-20(24(23-14)16-6-8-17(9-7-16)25(27)28)22-21(26)11-10-18-13-15-4-2-3-5-19(15)29-18/h2-13H,1H3,(H,22,26)/b11-10+. The van der Waals surface area contributed by atoms with E-state index in [0.717, 1.165) is 11.0 Å². The lowest BCUT2D eigenvalue weighted by molar-refractivity contribution is -0.384. The largest absolute Gasteiger partial charge is 0.457 e. The lowest BCUT2D eigenvalue weighted by Crippen LogP contribution is -2.12. The topological polar surface area (TPSA) is 103 Å². The van der Waals surface area contributed by atoms with Crippen LogP contribution >= 0.6 is 0 Å². The van der Waals surface area contributed by atoms with Gasteiger partial charge in [-0.2, -0.15) is 5.10 Å². The Bertz CT molecular complexity index is 1200. The number of carbonyl (C=O) groups excluding carboxylic acids is 1. The van der Waals surface area contributed by atoms with E-state index in [1.165, 1.54) is 22.9 Å². The molecule has 0 aliphatic rings. The molecule has 0 fully saturated rings. The Hall–Kier alpha value is -4.20. The summed E-state index contributed by atoms with van der Waals surface area (Å²) in [6.07, 6.45) is 2.97. The van der Waals surface area contributed by atoms with Gasteiger partial charge in [0.25, 0.3) is 5.69 Å². The number of nitro groups is 1. The summed E-state index contributed by atoms with van der Waals surface area (Å²) in [5.41, 5.74) is 2.02. The number of fused-ring (bicyclic) bond motifs is 1. The van der Waals surface area contributed by atoms with Crippen LogP contribution in [0.1, 0.15) is 11.5 Å². The zero-order chi connectivity index (χ0) is 20.4. The number of nitrogens with zero attached hydrogens (tertiary/aromatic N) is 3. The van der Waals surface area contributed by atoms with Crippen molar-refractivity contribution in [1.29, 1.82) is 0 Å². The number of benzene rings is 2. The number of nitrogens with one attached hydrogen (secondary N) is 1. The lowest BCUT2D eigenvalue weighted by Gasteiger charge is -2.07. The number of hydrogen-bond donors (Lipinski definition) is 1. The van der Waals surface area contributed by atoms with E-state index < -0.39 is 4.92 Å². The first kappa shape index (κ1) is 18.2. The molecule has 0 radical (unpaired) electrons. The number of rotatable bonds is 5. The molecule has 2 heterocycles. The monoisotopic (exact) mass is 388 g/mol. The second-order valence-corrected chi connectivity index (χ2v) is 6.37. The summed E-state index contributed by atoms with van der Waals surface area (Å²) >= 11 is 0. The predicted molar refractivity (Wildman–Crippen MR) is 109 cm³/mol. The summed E-state index contributed by atoms with van der Waals surface area (Å²) in [7, 11) is 0. The van der Waals surface area contributed by atoms with Crippen molar-refractivity contribution in [2.75, 3.05) is 5.32 Å². The third kappa shape index (κ3) is 3.91. The van der Waals surface area contributed by atoms with Crippen molar-refractivity contribution >= 4 is 34.5 Å². The van der Waals surface area contributed by atoms with Crippen LogP contribution in [0.2, 0.25) is 0 Å². The summed E-state index contributed by atoms with van der Waals surface area (Å²) in [4.78, 5) is 22.7. The molecule has 0 saturated heterocycles. The number of aromatic nitrogens is 2. The molecule has 4 rings (SSSR count). The Labute approximate surface area is 165 Å². The minimum Gasteiger partial charge on any atom is -0.457 e. The second kappa shape index (κ2) is 7.43. The molecule has 0 atom stereocenters. The van der Waals surface area contributed by atoms with Crippen LogP contribution in [-0.4, -0.2) is 20.6 Å². The molecular weight excluding hydrogens is 372 g/mol. The van der Waals surface area contributed by atoms with Gasteiger partial charge < -0.3 is 9.73 Å². The average Bonchev–Trinajstić information content (AvgIpc) is 3.29. The van der Waals surface area contributed by atoms with E-state index in [2.05, 4.69) is 10.4 Å². The molecule has 144 valence electrons. The molecule has 29 heavy (non-hydrogen) atoms. The number of carbonyl (C=O) groups is 1. The minimum absolute atomic E-state index is 0.0167. The molecule has 1 N–H and O–H groups in total. The highest BCUT2D eigenvalue weighted by Gasteiger charge is 2.12. The molecule has 0 spiro atoms. The summed E-state index contributed by atoms with van der Waals surface area (Å²) < 4.78 is 7.18. The minimum atomic E-state index is -0.469. The fourth-order valence-corrected chi connectivity index (χ4v) is 2.91. The number of nitro benzene ring substituents is 1. The highest BCUT2D eigenvalue weighted by Crippen LogP contribution is 2.21. The van der Waals surface area contributed by atoms with Gasteiger partial charge in [0.2, 0.25) is 5.91 Å². The molecule has 0 unspecified atom stereocenters. The maximum Gasteiger partial charge on any atom is 0.269 e. The third-order valence-corrected chi connectivity index (χ3v) is 4.23. The van der Waals surface area contributed by atoms with Crippen LogP contribution in [0.25, 0.3) is 22.7 Å². The first-order chi connectivity index (χ1) is 14.0. The summed E-state index contributed by atoms with van der Waals surface area (Å²) in [6, 6.07) is 17.1. The van der Waals surface area contributed by atoms with Crippen LogP contribution in [0.3, 0.4) is 0 Å². The van der Waals surface area contributed by atoms with Gasteiger partial charge in [0.05, 0.1) is 16.3 Å². The maximum atomic E-state index is 12.4. The van der Waals surface area contributed by atoms with E-state index in [4.69, 9.17) is 4.42 Å². The molecular formula is C21H16N4O4. The van der Waals surface area contributed by atoms with Crippen molar-refractivity contribution in [3.8, 4) is 5.69 Å². The van der Waals surface area contributed by atoms with E-state index in [-0.39, 0.29) is 11.6 Å². The van der Waals surface area contributed by atoms with Gasteiger partial charge in [-0.05, 0) is 37.3 Å². The Morgan fingerprint density at radius 2 is 1.93 bits per heavy atom. The van der Waals surface area contributed by atoms with Crippen molar-refractivity contribution in [1.82, 2.24) is 9.78 Å². The molecule has 4 aromatic rings. The number of para-hydroxylation sites is 1. The Balaban J connectivity index is 1.53. The first-order valence-electron chi connectivity index (χ1n) is 8.79. The third-order valence-electron chi connectivity index (χ3n) is 4.23.